The molecule has 0 saturated heterocycles. The van der Waals surface area contributed by atoms with Gasteiger partial charge in [0.15, 0.2) is 0 Å². The third-order valence-electron chi connectivity index (χ3n) is 10.7. The van der Waals surface area contributed by atoms with Crippen LogP contribution in [0.4, 0.5) is 0 Å². The van der Waals surface area contributed by atoms with Gasteiger partial charge in [0.1, 0.15) is 0 Å². The average Bonchev–Trinajstić information content (AvgIpc) is 3.59. The highest BCUT2D eigenvalue weighted by molar-refractivity contribution is 7.99. The van der Waals surface area contributed by atoms with E-state index in [1.807, 2.05) is 11.8 Å². The molecule has 212 valence electrons. The summed E-state index contributed by atoms with van der Waals surface area (Å²) < 4.78 is 0. The lowest BCUT2D eigenvalue weighted by molar-refractivity contribution is 0.795. The van der Waals surface area contributed by atoms with Gasteiger partial charge in [-0.15, -0.1) is 0 Å². The Labute approximate surface area is 272 Å². The molecule has 1 unspecified atom stereocenters. The summed E-state index contributed by atoms with van der Waals surface area (Å²) in [5.74, 6) is 0. The Morgan fingerprint density at radius 2 is 1.02 bits per heavy atom. The third kappa shape index (κ3) is 2.97. The molecule has 0 nitrogen and oxygen atoms in total. The maximum Gasteiger partial charge on any atom is 0.0725 e. The number of hydrogen-bond donors (Lipinski definition) is 0. The minimum Gasteiger partial charge on any atom is -0.0888 e. The van der Waals surface area contributed by atoms with Crippen LogP contribution in [-0.2, 0) is 5.41 Å². The normalized spacial score (nSPS) is 16.3. The van der Waals surface area contributed by atoms with Crippen LogP contribution >= 0.6 is 11.8 Å². The smallest absolute Gasteiger partial charge is 0.0725 e. The second-order valence-electron chi connectivity index (χ2n) is 12.8. The summed E-state index contributed by atoms with van der Waals surface area (Å²) in [4.78, 5) is 2.66. The molecule has 0 bridgehead atoms. The number of benzene rings is 8. The summed E-state index contributed by atoms with van der Waals surface area (Å²) in [6.07, 6.45) is 0. The van der Waals surface area contributed by atoms with Crippen molar-refractivity contribution in [2.45, 2.75) is 15.2 Å². The first-order valence-corrected chi connectivity index (χ1v) is 16.8. The predicted molar refractivity (Wildman–Crippen MR) is 193 cm³/mol. The first-order valence-electron chi connectivity index (χ1n) is 16.0. The topological polar surface area (TPSA) is 0 Å². The van der Waals surface area contributed by atoms with Gasteiger partial charge in [0.2, 0.25) is 0 Å². The quantitative estimate of drug-likeness (QED) is 0.181. The molecule has 1 atom stereocenters. The van der Waals surface area contributed by atoms with E-state index in [0.29, 0.717) is 0 Å². The molecule has 1 spiro atoms. The number of fused-ring (bicyclic) bond motifs is 14. The van der Waals surface area contributed by atoms with Crippen LogP contribution in [0.5, 0.6) is 0 Å². The molecule has 1 aliphatic heterocycles. The van der Waals surface area contributed by atoms with Crippen LogP contribution in [0.25, 0.3) is 66.1 Å². The van der Waals surface area contributed by atoms with Crippen LogP contribution in [0.1, 0.15) is 22.3 Å². The number of hydrogen-bond acceptors (Lipinski definition) is 1. The summed E-state index contributed by atoms with van der Waals surface area (Å²) in [7, 11) is 0. The standard InChI is InChI=1S/C45H26S/c1-2-13-30-27(10-1)23-25-38-43(30)34-15-4-6-19-37(34)45(38)36-18-5-3-14-32(36)33-24-22-29(26-39(33)45)31-16-9-21-41-44(31)35-17-7-11-28-12-8-20-40(46-41)42(28)35/h1-26H. The summed E-state index contributed by atoms with van der Waals surface area (Å²) in [6.45, 7) is 0. The molecular formula is C45H26S. The first-order chi connectivity index (χ1) is 22.8. The third-order valence-corrected chi connectivity index (χ3v) is 11.8. The molecule has 1 heterocycles. The highest BCUT2D eigenvalue weighted by atomic mass is 32.2. The van der Waals surface area contributed by atoms with Crippen LogP contribution < -0.4 is 0 Å². The second kappa shape index (κ2) is 8.88. The molecule has 1 heteroatoms. The van der Waals surface area contributed by atoms with E-state index in [9.17, 15) is 0 Å². The van der Waals surface area contributed by atoms with Crippen molar-refractivity contribution >= 4 is 33.3 Å². The molecule has 11 rings (SSSR count). The van der Waals surface area contributed by atoms with E-state index in [-0.39, 0.29) is 5.41 Å². The molecule has 3 aliphatic rings. The van der Waals surface area contributed by atoms with Crippen molar-refractivity contribution in [2.24, 2.45) is 0 Å². The van der Waals surface area contributed by atoms with Crippen molar-refractivity contribution in [3.8, 4) is 44.5 Å². The van der Waals surface area contributed by atoms with Gasteiger partial charge in [-0.3, -0.25) is 0 Å². The zero-order valence-corrected chi connectivity index (χ0v) is 25.7. The van der Waals surface area contributed by atoms with Gasteiger partial charge in [-0.1, -0.05) is 151 Å². The molecule has 2 aliphatic carbocycles. The molecule has 8 aromatic carbocycles. The highest BCUT2D eigenvalue weighted by Gasteiger charge is 2.52. The fourth-order valence-corrected chi connectivity index (χ4v) is 10.1. The Morgan fingerprint density at radius 3 is 1.93 bits per heavy atom. The van der Waals surface area contributed by atoms with Gasteiger partial charge in [0.25, 0.3) is 0 Å². The average molecular weight is 599 g/mol. The highest BCUT2D eigenvalue weighted by Crippen LogP contribution is 2.64. The Hall–Kier alpha value is -5.37. The Morgan fingerprint density at radius 1 is 0.370 bits per heavy atom. The van der Waals surface area contributed by atoms with Crippen molar-refractivity contribution in [3.63, 3.8) is 0 Å². The molecule has 0 aromatic heterocycles. The molecule has 0 amide bonds. The fourth-order valence-electron chi connectivity index (χ4n) is 8.93. The molecule has 0 radical (unpaired) electrons. The SMILES string of the molecule is c1ccc2c(c1)-c1ccc(-c3cccc4c3-c3cccc5cccc(c35)S4)cc1C21c2ccccc2-c2c1ccc1ccccc21. The Balaban J connectivity index is 1.24. The lowest BCUT2D eigenvalue weighted by atomic mass is 9.70. The van der Waals surface area contributed by atoms with Gasteiger partial charge in [0, 0.05) is 20.7 Å². The van der Waals surface area contributed by atoms with Crippen molar-refractivity contribution in [1.82, 2.24) is 0 Å². The van der Waals surface area contributed by atoms with Crippen LogP contribution in [0.15, 0.2) is 168 Å². The van der Waals surface area contributed by atoms with E-state index in [1.165, 1.54) is 98.1 Å². The van der Waals surface area contributed by atoms with Gasteiger partial charge >= 0.3 is 0 Å². The largest absolute Gasteiger partial charge is 0.0888 e. The molecule has 0 N–H and O–H groups in total. The maximum absolute atomic E-state index is 2.53. The summed E-state index contributed by atoms with van der Waals surface area (Å²) in [6, 6.07) is 59.4. The minimum atomic E-state index is -0.381. The summed E-state index contributed by atoms with van der Waals surface area (Å²) in [5, 5.41) is 5.28. The van der Waals surface area contributed by atoms with Gasteiger partial charge in [-0.2, -0.15) is 0 Å². The molecule has 8 aromatic rings. The van der Waals surface area contributed by atoms with Crippen molar-refractivity contribution in [2.75, 3.05) is 0 Å². The molecule has 0 fully saturated rings. The van der Waals surface area contributed by atoms with E-state index >= 15 is 0 Å². The van der Waals surface area contributed by atoms with Crippen LogP contribution in [0.2, 0.25) is 0 Å². The van der Waals surface area contributed by atoms with Gasteiger partial charge < -0.3 is 0 Å². The van der Waals surface area contributed by atoms with E-state index in [4.69, 9.17) is 0 Å². The second-order valence-corrected chi connectivity index (χ2v) is 13.8. The minimum absolute atomic E-state index is 0.381. The molecular weight excluding hydrogens is 573 g/mol. The van der Waals surface area contributed by atoms with E-state index < -0.39 is 0 Å². The van der Waals surface area contributed by atoms with E-state index in [2.05, 4.69) is 158 Å². The maximum atomic E-state index is 2.53. The summed E-state index contributed by atoms with van der Waals surface area (Å²) in [5.41, 5.74) is 15.8. The monoisotopic (exact) mass is 598 g/mol. The first kappa shape index (κ1) is 24.9. The van der Waals surface area contributed by atoms with Crippen LogP contribution in [0, 0.1) is 0 Å². The Bertz CT molecular complexity index is 2620. The van der Waals surface area contributed by atoms with Gasteiger partial charge in [-0.25, -0.2) is 0 Å². The number of rotatable bonds is 1. The van der Waals surface area contributed by atoms with Crippen LogP contribution in [-0.4, -0.2) is 0 Å². The van der Waals surface area contributed by atoms with Gasteiger partial charge in [0.05, 0.1) is 5.41 Å². The van der Waals surface area contributed by atoms with Crippen molar-refractivity contribution in [1.29, 1.82) is 0 Å². The van der Waals surface area contributed by atoms with E-state index in [1.54, 1.807) is 0 Å². The molecule has 0 saturated carbocycles. The fraction of sp³-hybridized carbons (Fsp3) is 0.0222. The predicted octanol–water partition coefficient (Wildman–Crippen LogP) is 12.1. The zero-order valence-electron chi connectivity index (χ0n) is 24.9. The lowest BCUT2D eigenvalue weighted by Crippen LogP contribution is -2.25. The summed E-state index contributed by atoms with van der Waals surface area (Å²) >= 11 is 1.90. The van der Waals surface area contributed by atoms with Crippen molar-refractivity contribution < 1.29 is 0 Å². The van der Waals surface area contributed by atoms with Gasteiger partial charge in [-0.05, 0) is 95.6 Å². The van der Waals surface area contributed by atoms with E-state index in [0.717, 1.165) is 0 Å². The van der Waals surface area contributed by atoms with Crippen LogP contribution in [0.3, 0.4) is 0 Å². The Kier molecular flexibility index (Phi) is 4.80. The van der Waals surface area contributed by atoms with Crippen molar-refractivity contribution in [3.05, 3.63) is 180 Å². The zero-order chi connectivity index (χ0) is 30.0. The lowest BCUT2D eigenvalue weighted by Gasteiger charge is -2.31. The molecule has 46 heavy (non-hydrogen) atoms.